The second-order valence-electron chi connectivity index (χ2n) is 7.64. The molecule has 1 aromatic heterocycles. The lowest BCUT2D eigenvalue weighted by Crippen LogP contribution is -2.42. The van der Waals surface area contributed by atoms with Crippen molar-refractivity contribution in [3.63, 3.8) is 0 Å². The third-order valence-corrected chi connectivity index (χ3v) is 6.10. The largest absolute Gasteiger partial charge is 0.338 e. The molecule has 2 atom stereocenters. The third kappa shape index (κ3) is 3.15. The number of hydrogen-bond acceptors (Lipinski definition) is 2. The molecule has 1 amide bonds. The molecule has 0 unspecified atom stereocenters. The molecule has 5 nitrogen and oxygen atoms in total. The van der Waals surface area contributed by atoms with Crippen LogP contribution in [0.1, 0.15) is 37.7 Å². The number of amides is 1. The van der Waals surface area contributed by atoms with E-state index >= 15 is 0 Å². The fourth-order valence-electron chi connectivity index (χ4n) is 4.69. The van der Waals surface area contributed by atoms with Gasteiger partial charge in [-0.05, 0) is 37.0 Å². The van der Waals surface area contributed by atoms with Gasteiger partial charge >= 0.3 is 5.69 Å². The summed E-state index contributed by atoms with van der Waals surface area (Å²) in [6.45, 7) is 3.06. The van der Waals surface area contributed by atoms with Crippen LogP contribution in [0.3, 0.4) is 0 Å². The molecule has 28 heavy (non-hydrogen) atoms. The molecule has 1 fully saturated rings. The maximum absolute atomic E-state index is 13.2. The Labute approximate surface area is 165 Å². The van der Waals surface area contributed by atoms with Crippen LogP contribution in [0.4, 0.5) is 0 Å². The molecule has 0 radical (unpaired) electrons. The molecule has 5 heteroatoms. The first-order chi connectivity index (χ1) is 13.6. The first kappa shape index (κ1) is 18.5. The monoisotopic (exact) mass is 377 g/mol. The minimum absolute atomic E-state index is 0.0373. The molecule has 2 heterocycles. The highest BCUT2D eigenvalue weighted by Crippen LogP contribution is 2.33. The highest BCUT2D eigenvalue weighted by Gasteiger charge is 2.34. The highest BCUT2D eigenvalue weighted by atomic mass is 16.2. The van der Waals surface area contributed by atoms with Crippen molar-refractivity contribution in [1.82, 2.24) is 14.0 Å². The summed E-state index contributed by atoms with van der Waals surface area (Å²) >= 11 is 0. The standard InChI is InChI=1S/C23H27N3O2/c1-3-18(17-10-5-4-6-11-17)19-14-9-15-25(19)22(27)16-26-21-13-8-7-12-20(21)24(2)23(26)28/h4-8,10-13,18-19H,3,9,14-16H2,1-2H3/t18-,19-/m1/s1. The summed E-state index contributed by atoms with van der Waals surface area (Å²) in [5, 5.41) is 0. The summed E-state index contributed by atoms with van der Waals surface area (Å²) in [5.41, 5.74) is 2.82. The Balaban J connectivity index is 1.61. The summed E-state index contributed by atoms with van der Waals surface area (Å²) in [7, 11) is 1.76. The molecule has 3 aromatic rings. The fourth-order valence-corrected chi connectivity index (χ4v) is 4.69. The van der Waals surface area contributed by atoms with E-state index in [9.17, 15) is 9.59 Å². The molecule has 0 aliphatic carbocycles. The predicted molar refractivity (Wildman–Crippen MR) is 111 cm³/mol. The number of imidazole rings is 1. The third-order valence-electron chi connectivity index (χ3n) is 6.10. The van der Waals surface area contributed by atoms with Gasteiger partial charge in [0.15, 0.2) is 0 Å². The van der Waals surface area contributed by atoms with Gasteiger partial charge in [-0.1, -0.05) is 49.4 Å². The van der Waals surface area contributed by atoms with Crippen LogP contribution in [0, 0.1) is 0 Å². The molecular formula is C23H27N3O2. The van der Waals surface area contributed by atoms with E-state index in [1.807, 2.05) is 35.2 Å². The molecule has 0 saturated carbocycles. The molecule has 0 bridgehead atoms. The van der Waals surface area contributed by atoms with Crippen LogP contribution in [0.15, 0.2) is 59.4 Å². The minimum Gasteiger partial charge on any atom is -0.338 e. The molecule has 1 aliphatic rings. The number of benzene rings is 2. The van der Waals surface area contributed by atoms with Gasteiger partial charge in [-0.15, -0.1) is 0 Å². The Bertz CT molecular complexity index is 1030. The number of rotatable bonds is 5. The van der Waals surface area contributed by atoms with Crippen LogP contribution in [0.2, 0.25) is 0 Å². The van der Waals surface area contributed by atoms with Gasteiger partial charge in [-0.2, -0.15) is 0 Å². The first-order valence-corrected chi connectivity index (χ1v) is 10.1. The summed E-state index contributed by atoms with van der Waals surface area (Å²) in [4.78, 5) is 27.9. The average molecular weight is 377 g/mol. The highest BCUT2D eigenvalue weighted by molar-refractivity contribution is 5.81. The number of aromatic nitrogens is 2. The van der Waals surface area contributed by atoms with Crippen molar-refractivity contribution in [3.05, 3.63) is 70.6 Å². The molecule has 2 aromatic carbocycles. The van der Waals surface area contributed by atoms with Crippen molar-refractivity contribution in [3.8, 4) is 0 Å². The number of aryl methyl sites for hydroxylation is 1. The smallest absolute Gasteiger partial charge is 0.329 e. The van der Waals surface area contributed by atoms with Crippen molar-refractivity contribution < 1.29 is 4.79 Å². The number of hydrogen-bond donors (Lipinski definition) is 0. The summed E-state index contributed by atoms with van der Waals surface area (Å²) in [6, 6.07) is 18.3. The summed E-state index contributed by atoms with van der Waals surface area (Å²) in [5.74, 6) is 0.368. The van der Waals surface area contributed by atoms with Gasteiger partial charge in [-0.3, -0.25) is 13.9 Å². The van der Waals surface area contributed by atoms with Crippen molar-refractivity contribution >= 4 is 16.9 Å². The van der Waals surface area contributed by atoms with E-state index in [2.05, 4.69) is 31.2 Å². The Hall–Kier alpha value is -2.82. The SMILES string of the molecule is CC[C@H](c1ccccc1)[C@H]1CCCN1C(=O)Cn1c(=O)n(C)c2ccccc21. The first-order valence-electron chi connectivity index (χ1n) is 10.1. The molecule has 0 spiro atoms. The maximum Gasteiger partial charge on any atom is 0.329 e. The van der Waals surface area contributed by atoms with Gasteiger partial charge in [0.1, 0.15) is 6.54 Å². The van der Waals surface area contributed by atoms with Crippen LogP contribution in [-0.4, -0.2) is 32.5 Å². The quantitative estimate of drug-likeness (QED) is 0.683. The Morgan fingerprint density at radius 3 is 2.46 bits per heavy atom. The van der Waals surface area contributed by atoms with Crippen LogP contribution < -0.4 is 5.69 Å². The average Bonchev–Trinajstić information content (AvgIpc) is 3.29. The van der Waals surface area contributed by atoms with Crippen LogP contribution >= 0.6 is 0 Å². The Kier molecular flexibility index (Phi) is 5.07. The van der Waals surface area contributed by atoms with Gasteiger partial charge in [-0.25, -0.2) is 4.79 Å². The van der Waals surface area contributed by atoms with Crippen molar-refractivity contribution in [2.45, 2.75) is 44.7 Å². The molecule has 4 rings (SSSR count). The Morgan fingerprint density at radius 2 is 1.75 bits per heavy atom. The van der Waals surface area contributed by atoms with E-state index in [4.69, 9.17) is 0 Å². The molecular weight excluding hydrogens is 350 g/mol. The van der Waals surface area contributed by atoms with Crippen LogP contribution in [-0.2, 0) is 18.4 Å². The summed E-state index contributed by atoms with van der Waals surface area (Å²) in [6.07, 6.45) is 3.03. The zero-order valence-electron chi connectivity index (χ0n) is 16.5. The van der Waals surface area contributed by atoms with Crippen LogP contribution in [0.5, 0.6) is 0 Å². The zero-order valence-corrected chi connectivity index (χ0v) is 16.5. The number of fused-ring (bicyclic) bond motifs is 1. The number of carbonyl (C=O) groups excluding carboxylic acids is 1. The van der Waals surface area contributed by atoms with E-state index in [1.165, 1.54) is 5.56 Å². The molecule has 1 aliphatic heterocycles. The topological polar surface area (TPSA) is 47.2 Å². The lowest BCUT2D eigenvalue weighted by atomic mass is 9.87. The number of carbonyl (C=O) groups is 1. The number of nitrogens with zero attached hydrogens (tertiary/aromatic N) is 3. The van der Waals surface area contributed by atoms with E-state index < -0.39 is 0 Å². The fraction of sp³-hybridized carbons (Fsp3) is 0.391. The van der Waals surface area contributed by atoms with E-state index in [-0.39, 0.29) is 24.2 Å². The number of likely N-dealkylation sites (tertiary alicyclic amines) is 1. The maximum atomic E-state index is 13.2. The molecule has 1 saturated heterocycles. The minimum atomic E-state index is -0.139. The van der Waals surface area contributed by atoms with E-state index in [0.717, 1.165) is 36.8 Å². The van der Waals surface area contributed by atoms with Crippen molar-refractivity contribution in [2.75, 3.05) is 6.54 Å². The van der Waals surface area contributed by atoms with Gasteiger partial charge in [0.25, 0.3) is 0 Å². The molecule has 0 N–H and O–H groups in total. The van der Waals surface area contributed by atoms with E-state index in [0.29, 0.717) is 5.92 Å². The van der Waals surface area contributed by atoms with Gasteiger partial charge < -0.3 is 4.90 Å². The van der Waals surface area contributed by atoms with Crippen molar-refractivity contribution in [2.24, 2.45) is 7.05 Å². The molecule has 146 valence electrons. The normalized spacial score (nSPS) is 17.9. The Morgan fingerprint density at radius 1 is 1.07 bits per heavy atom. The second kappa shape index (κ2) is 7.66. The van der Waals surface area contributed by atoms with Crippen LogP contribution in [0.25, 0.3) is 11.0 Å². The van der Waals surface area contributed by atoms with Gasteiger partial charge in [0.2, 0.25) is 5.91 Å². The van der Waals surface area contributed by atoms with Crippen molar-refractivity contribution in [1.29, 1.82) is 0 Å². The van der Waals surface area contributed by atoms with E-state index in [1.54, 1.807) is 16.2 Å². The predicted octanol–water partition coefficient (Wildman–Crippen LogP) is 3.52. The lowest BCUT2D eigenvalue weighted by Gasteiger charge is -2.31. The van der Waals surface area contributed by atoms with Gasteiger partial charge in [0.05, 0.1) is 11.0 Å². The summed E-state index contributed by atoms with van der Waals surface area (Å²) < 4.78 is 3.22. The zero-order chi connectivity index (χ0) is 19.7. The number of para-hydroxylation sites is 2. The second-order valence-corrected chi connectivity index (χ2v) is 7.64. The van der Waals surface area contributed by atoms with Gasteiger partial charge in [0, 0.05) is 25.6 Å². The lowest BCUT2D eigenvalue weighted by molar-refractivity contribution is -0.133.